The van der Waals surface area contributed by atoms with Crippen LogP contribution in [0.4, 0.5) is 0 Å². The van der Waals surface area contributed by atoms with E-state index in [1.165, 1.54) is 16.7 Å². The van der Waals surface area contributed by atoms with E-state index in [9.17, 15) is 0 Å². The molecule has 0 aliphatic heterocycles. The van der Waals surface area contributed by atoms with Crippen LogP contribution in [0.1, 0.15) is 28.1 Å². The summed E-state index contributed by atoms with van der Waals surface area (Å²) in [4.78, 5) is 19.6. The Morgan fingerprint density at radius 2 is 0.945 bits per heavy atom. The number of hydrogen-bond acceptors (Lipinski definition) is 4. The van der Waals surface area contributed by atoms with E-state index in [1.807, 2.05) is 42.7 Å². The Hall–Kier alpha value is -7.30. The molecular formula is C51H36N4. The van der Waals surface area contributed by atoms with Crippen molar-refractivity contribution in [2.45, 2.75) is 5.41 Å². The Balaban J connectivity index is 1.12. The summed E-state index contributed by atoms with van der Waals surface area (Å²) >= 11 is 0. The highest BCUT2D eigenvalue weighted by Gasteiger charge is 2.43. The van der Waals surface area contributed by atoms with Gasteiger partial charge in [-0.05, 0) is 80.4 Å². The summed E-state index contributed by atoms with van der Waals surface area (Å²) in [5.41, 5.74) is 11.7. The number of nitrogens with zero attached hydrogens (tertiary/aromatic N) is 4. The second-order valence-electron chi connectivity index (χ2n) is 13.5. The molecule has 8 aromatic rings. The van der Waals surface area contributed by atoms with Gasteiger partial charge in [0, 0.05) is 23.5 Å². The number of benzene rings is 6. The molecule has 9 rings (SSSR count). The van der Waals surface area contributed by atoms with E-state index in [2.05, 4.69) is 181 Å². The summed E-state index contributed by atoms with van der Waals surface area (Å²) < 4.78 is 0. The standard InChI is InChI=1S/C51H36N4/c1-4-17-37(18-5-1)39-22-14-24-42(33-39)49-53-48(54-50(55-49)43-25-15-23-40(34-43)38-19-6-2-7-20-38)31-13-11-28-45-35-41-21-10-12-30-47(41)51(45,44-26-8-3-9-27-44)46-29-16-32-52-36-46/h1-36H/b28-11-,31-13+. The maximum Gasteiger partial charge on any atom is 0.164 e. The van der Waals surface area contributed by atoms with Crippen LogP contribution in [0.5, 0.6) is 0 Å². The smallest absolute Gasteiger partial charge is 0.164 e. The Morgan fingerprint density at radius 3 is 1.56 bits per heavy atom. The largest absolute Gasteiger partial charge is 0.264 e. The van der Waals surface area contributed by atoms with Crippen LogP contribution in [-0.2, 0) is 5.41 Å². The Kier molecular flexibility index (Phi) is 9.13. The first-order valence-electron chi connectivity index (χ1n) is 18.5. The zero-order chi connectivity index (χ0) is 36.9. The molecule has 1 atom stereocenters. The fourth-order valence-corrected chi connectivity index (χ4v) is 7.62. The summed E-state index contributed by atoms with van der Waals surface area (Å²) in [5, 5.41) is 0. The molecule has 2 aromatic heterocycles. The van der Waals surface area contributed by atoms with Crippen LogP contribution in [-0.4, -0.2) is 19.9 Å². The van der Waals surface area contributed by atoms with Gasteiger partial charge in [0.15, 0.2) is 17.5 Å². The van der Waals surface area contributed by atoms with Crippen molar-refractivity contribution in [1.29, 1.82) is 0 Å². The van der Waals surface area contributed by atoms with Crippen LogP contribution < -0.4 is 0 Å². The maximum absolute atomic E-state index is 5.05. The molecule has 1 unspecified atom stereocenters. The van der Waals surface area contributed by atoms with Gasteiger partial charge in [0.1, 0.15) is 0 Å². The highest BCUT2D eigenvalue weighted by molar-refractivity contribution is 5.80. The summed E-state index contributed by atoms with van der Waals surface area (Å²) in [6, 6.07) is 61.1. The molecule has 55 heavy (non-hydrogen) atoms. The van der Waals surface area contributed by atoms with Gasteiger partial charge in [-0.1, -0.05) is 176 Å². The van der Waals surface area contributed by atoms with Crippen molar-refractivity contribution < 1.29 is 0 Å². The van der Waals surface area contributed by atoms with Crippen molar-refractivity contribution in [1.82, 2.24) is 19.9 Å². The molecule has 1 aliphatic rings. The molecule has 0 N–H and O–H groups in total. The van der Waals surface area contributed by atoms with Crippen LogP contribution in [0.15, 0.2) is 212 Å². The maximum atomic E-state index is 5.05. The first kappa shape index (κ1) is 33.5. The van der Waals surface area contributed by atoms with E-state index in [4.69, 9.17) is 15.0 Å². The Labute approximate surface area is 321 Å². The Bertz CT molecular complexity index is 2540. The van der Waals surface area contributed by atoms with E-state index in [-0.39, 0.29) is 0 Å². The minimum atomic E-state index is -0.516. The van der Waals surface area contributed by atoms with E-state index in [0.29, 0.717) is 17.5 Å². The first-order chi connectivity index (χ1) is 27.3. The predicted octanol–water partition coefficient (Wildman–Crippen LogP) is 11.9. The van der Waals surface area contributed by atoms with Crippen LogP contribution in [0, 0.1) is 0 Å². The van der Waals surface area contributed by atoms with Crippen LogP contribution >= 0.6 is 0 Å². The second-order valence-corrected chi connectivity index (χ2v) is 13.5. The Morgan fingerprint density at radius 1 is 0.418 bits per heavy atom. The fraction of sp³-hybridized carbons (Fsp3) is 0.0196. The van der Waals surface area contributed by atoms with Gasteiger partial charge in [0.05, 0.1) is 5.41 Å². The molecule has 4 heteroatoms. The lowest BCUT2D eigenvalue weighted by Crippen LogP contribution is -2.29. The molecule has 0 bridgehead atoms. The SMILES string of the molecule is C1=C(/C=C\C=C\c2nc(-c3cccc(-c4ccccc4)c3)nc(-c3cccc(-c4ccccc4)c3)n2)C(c2ccccc2)(c2cccnc2)c2ccccc21. The monoisotopic (exact) mass is 704 g/mol. The lowest BCUT2D eigenvalue weighted by Gasteiger charge is -2.34. The van der Waals surface area contributed by atoms with Crippen LogP contribution in [0.25, 0.3) is 57.2 Å². The summed E-state index contributed by atoms with van der Waals surface area (Å²) in [7, 11) is 0. The zero-order valence-electron chi connectivity index (χ0n) is 30.1. The molecule has 0 radical (unpaired) electrons. The lowest BCUT2D eigenvalue weighted by molar-refractivity contribution is 0.756. The van der Waals surface area contributed by atoms with E-state index in [0.717, 1.165) is 44.5 Å². The van der Waals surface area contributed by atoms with Gasteiger partial charge in [-0.25, -0.2) is 15.0 Å². The highest BCUT2D eigenvalue weighted by atomic mass is 15.0. The molecule has 1 aliphatic carbocycles. The number of hydrogen-bond donors (Lipinski definition) is 0. The molecular weight excluding hydrogens is 669 g/mol. The fourth-order valence-electron chi connectivity index (χ4n) is 7.62. The highest BCUT2D eigenvalue weighted by Crippen LogP contribution is 2.51. The quantitative estimate of drug-likeness (QED) is 0.140. The van der Waals surface area contributed by atoms with Gasteiger partial charge in [-0.3, -0.25) is 4.98 Å². The molecule has 2 heterocycles. The third kappa shape index (κ3) is 6.62. The van der Waals surface area contributed by atoms with Crippen LogP contribution in [0.3, 0.4) is 0 Å². The van der Waals surface area contributed by atoms with Gasteiger partial charge >= 0.3 is 0 Å². The zero-order valence-corrected chi connectivity index (χ0v) is 30.1. The summed E-state index contributed by atoms with van der Waals surface area (Å²) in [6.45, 7) is 0. The van der Waals surface area contributed by atoms with Crippen molar-refractivity contribution in [2.24, 2.45) is 0 Å². The topological polar surface area (TPSA) is 51.6 Å². The molecule has 0 spiro atoms. The molecule has 260 valence electrons. The summed E-state index contributed by atoms with van der Waals surface area (Å²) in [5.74, 6) is 1.81. The number of aromatic nitrogens is 4. The minimum Gasteiger partial charge on any atom is -0.264 e. The predicted molar refractivity (Wildman–Crippen MR) is 225 cm³/mol. The van der Waals surface area contributed by atoms with E-state index < -0.39 is 5.41 Å². The molecule has 4 nitrogen and oxygen atoms in total. The molecule has 0 amide bonds. The third-order valence-corrected chi connectivity index (χ3v) is 10.2. The van der Waals surface area contributed by atoms with Gasteiger partial charge in [0.2, 0.25) is 0 Å². The lowest BCUT2D eigenvalue weighted by atomic mass is 9.67. The van der Waals surface area contributed by atoms with Crippen molar-refractivity contribution >= 4 is 12.2 Å². The summed E-state index contributed by atoms with van der Waals surface area (Å²) in [6.07, 6.45) is 14.4. The van der Waals surface area contributed by atoms with Crippen molar-refractivity contribution in [3.05, 3.63) is 240 Å². The van der Waals surface area contributed by atoms with Gasteiger partial charge in [0.25, 0.3) is 0 Å². The van der Waals surface area contributed by atoms with E-state index >= 15 is 0 Å². The second kappa shape index (κ2) is 15.0. The van der Waals surface area contributed by atoms with Gasteiger partial charge in [-0.2, -0.15) is 0 Å². The molecule has 0 saturated carbocycles. The molecule has 0 saturated heterocycles. The number of rotatable bonds is 9. The third-order valence-electron chi connectivity index (χ3n) is 10.2. The normalized spacial score (nSPS) is 14.9. The van der Waals surface area contributed by atoms with Gasteiger partial charge in [-0.15, -0.1) is 0 Å². The van der Waals surface area contributed by atoms with Crippen molar-refractivity contribution in [3.63, 3.8) is 0 Å². The first-order valence-corrected chi connectivity index (χ1v) is 18.5. The number of fused-ring (bicyclic) bond motifs is 1. The minimum absolute atomic E-state index is 0.516. The van der Waals surface area contributed by atoms with Crippen LogP contribution in [0.2, 0.25) is 0 Å². The van der Waals surface area contributed by atoms with E-state index in [1.54, 1.807) is 0 Å². The van der Waals surface area contributed by atoms with Crippen molar-refractivity contribution in [2.75, 3.05) is 0 Å². The van der Waals surface area contributed by atoms with Crippen molar-refractivity contribution in [3.8, 4) is 45.0 Å². The molecule has 0 fully saturated rings. The number of pyridine rings is 1. The average molecular weight is 705 g/mol. The molecule has 6 aromatic carbocycles. The van der Waals surface area contributed by atoms with Gasteiger partial charge < -0.3 is 0 Å². The average Bonchev–Trinajstić information content (AvgIpc) is 3.61. The number of allylic oxidation sites excluding steroid dienone is 4.